The molecule has 1 amide bonds. The summed E-state index contributed by atoms with van der Waals surface area (Å²) in [4.78, 5) is 35.2. The smallest absolute Gasteiger partial charge is 0.326 e. The summed E-state index contributed by atoms with van der Waals surface area (Å²) in [5.74, 6) is -4.71. The van der Waals surface area contributed by atoms with Crippen LogP contribution in [0.3, 0.4) is 0 Å². The topological polar surface area (TPSA) is 94.9 Å². The molecule has 0 radical (unpaired) electrons. The number of rotatable bonds is 6. The fourth-order valence-corrected chi connectivity index (χ4v) is 1.71. The second-order valence-corrected chi connectivity index (χ2v) is 4.72. The minimum atomic E-state index is -1.27. The number of amides is 1. The van der Waals surface area contributed by atoms with E-state index >= 15 is 0 Å². The van der Waals surface area contributed by atoms with Crippen molar-refractivity contribution in [1.82, 2.24) is 4.90 Å². The van der Waals surface area contributed by atoms with E-state index in [2.05, 4.69) is 0 Å². The molecule has 2 unspecified atom stereocenters. The van der Waals surface area contributed by atoms with Crippen LogP contribution in [-0.4, -0.2) is 45.5 Å². The molecule has 1 rings (SSSR count). The first-order chi connectivity index (χ1) is 9.73. The molecule has 0 aliphatic carbocycles. The molecule has 0 aliphatic rings. The van der Waals surface area contributed by atoms with Gasteiger partial charge in [-0.2, -0.15) is 0 Å². The number of carbonyl (C=O) groups is 3. The molecule has 0 saturated heterocycles. The van der Waals surface area contributed by atoms with Crippen molar-refractivity contribution in [2.24, 2.45) is 5.92 Å². The molecule has 0 heterocycles. The third kappa shape index (κ3) is 4.27. The molecule has 114 valence electrons. The van der Waals surface area contributed by atoms with E-state index in [0.29, 0.717) is 0 Å². The average Bonchev–Trinajstić information content (AvgIpc) is 2.42. The minimum absolute atomic E-state index is 0.0271. The molecule has 0 aliphatic heterocycles. The van der Waals surface area contributed by atoms with E-state index in [-0.39, 0.29) is 12.1 Å². The summed E-state index contributed by atoms with van der Waals surface area (Å²) < 4.78 is 13.2. The number of carbonyl (C=O) groups excluding carboxylic acids is 1. The van der Waals surface area contributed by atoms with Crippen LogP contribution in [0, 0.1) is 11.7 Å². The minimum Gasteiger partial charge on any atom is -0.481 e. The van der Waals surface area contributed by atoms with Crippen molar-refractivity contribution in [2.75, 3.05) is 6.54 Å². The standard InChI is InChI=1S/C14H16FNO5/c1-8(13(18)19)7-16(9(2)14(20)21)12(17)10-4-3-5-11(15)6-10/h3-6,8-9H,7H2,1-2H3,(H,18,19)(H,20,21). The normalized spacial score (nSPS) is 13.3. The van der Waals surface area contributed by atoms with E-state index in [4.69, 9.17) is 10.2 Å². The lowest BCUT2D eigenvalue weighted by atomic mass is 10.1. The Bertz CT molecular complexity index is 560. The highest BCUT2D eigenvalue weighted by Gasteiger charge is 2.29. The summed E-state index contributed by atoms with van der Waals surface area (Å²) in [6.45, 7) is 2.36. The molecule has 0 bridgehead atoms. The van der Waals surface area contributed by atoms with E-state index in [1.807, 2.05) is 0 Å². The van der Waals surface area contributed by atoms with E-state index < -0.39 is 35.6 Å². The summed E-state index contributed by atoms with van der Waals surface area (Å²) in [5.41, 5.74) is -0.0271. The van der Waals surface area contributed by atoms with Crippen LogP contribution in [0.4, 0.5) is 4.39 Å². The van der Waals surface area contributed by atoms with E-state index in [1.165, 1.54) is 26.0 Å². The van der Waals surface area contributed by atoms with Crippen LogP contribution in [0.2, 0.25) is 0 Å². The van der Waals surface area contributed by atoms with Crippen LogP contribution < -0.4 is 0 Å². The number of hydrogen-bond acceptors (Lipinski definition) is 3. The second kappa shape index (κ2) is 6.83. The highest BCUT2D eigenvalue weighted by molar-refractivity contribution is 5.96. The van der Waals surface area contributed by atoms with E-state index in [9.17, 15) is 18.8 Å². The van der Waals surface area contributed by atoms with Gasteiger partial charge in [0.05, 0.1) is 5.92 Å². The summed E-state index contributed by atoms with van der Waals surface area (Å²) in [5, 5.41) is 17.9. The lowest BCUT2D eigenvalue weighted by molar-refractivity contribution is -0.145. The number of carboxylic acid groups (broad SMARTS) is 2. The molecule has 6 nitrogen and oxygen atoms in total. The fourth-order valence-electron chi connectivity index (χ4n) is 1.71. The molecule has 2 N–H and O–H groups in total. The zero-order chi connectivity index (χ0) is 16.2. The van der Waals surface area contributed by atoms with Crippen molar-refractivity contribution < 1.29 is 29.0 Å². The summed E-state index contributed by atoms with van der Waals surface area (Å²) in [7, 11) is 0. The van der Waals surface area contributed by atoms with E-state index in [0.717, 1.165) is 17.0 Å². The molecular formula is C14H16FNO5. The maximum atomic E-state index is 13.2. The van der Waals surface area contributed by atoms with Crippen molar-refractivity contribution in [3.63, 3.8) is 0 Å². The molecule has 7 heteroatoms. The number of benzene rings is 1. The Labute approximate surface area is 120 Å². The van der Waals surface area contributed by atoms with Crippen molar-refractivity contribution in [3.05, 3.63) is 35.6 Å². The highest BCUT2D eigenvalue weighted by Crippen LogP contribution is 2.13. The molecule has 1 aromatic carbocycles. The number of hydrogen-bond donors (Lipinski definition) is 2. The first kappa shape index (κ1) is 16.6. The SMILES string of the molecule is CC(CN(C(=O)c1cccc(F)c1)C(C)C(=O)O)C(=O)O. The Morgan fingerprint density at radius 3 is 2.29 bits per heavy atom. The van der Waals surface area contributed by atoms with Gasteiger partial charge in [-0.25, -0.2) is 9.18 Å². The van der Waals surface area contributed by atoms with Gasteiger partial charge in [0, 0.05) is 12.1 Å². The predicted molar refractivity (Wildman–Crippen MR) is 71.3 cm³/mol. The van der Waals surface area contributed by atoms with Gasteiger partial charge in [0.15, 0.2) is 0 Å². The zero-order valence-electron chi connectivity index (χ0n) is 11.6. The predicted octanol–water partition coefficient (Wildman–Crippen LogP) is 1.46. The summed E-state index contributed by atoms with van der Waals surface area (Å²) in [6.07, 6.45) is 0. The first-order valence-corrected chi connectivity index (χ1v) is 6.26. The Morgan fingerprint density at radius 1 is 1.19 bits per heavy atom. The Balaban J connectivity index is 3.08. The molecule has 0 saturated carbocycles. The molecule has 21 heavy (non-hydrogen) atoms. The Morgan fingerprint density at radius 2 is 1.81 bits per heavy atom. The van der Waals surface area contributed by atoms with Gasteiger partial charge in [0.1, 0.15) is 11.9 Å². The average molecular weight is 297 g/mol. The van der Waals surface area contributed by atoms with Crippen LogP contribution in [0.25, 0.3) is 0 Å². The van der Waals surface area contributed by atoms with Gasteiger partial charge in [-0.15, -0.1) is 0 Å². The van der Waals surface area contributed by atoms with Crippen molar-refractivity contribution >= 4 is 17.8 Å². The van der Waals surface area contributed by atoms with Gasteiger partial charge in [-0.1, -0.05) is 13.0 Å². The van der Waals surface area contributed by atoms with Crippen molar-refractivity contribution in [2.45, 2.75) is 19.9 Å². The lowest BCUT2D eigenvalue weighted by Crippen LogP contribution is -2.46. The number of nitrogens with zero attached hydrogens (tertiary/aromatic N) is 1. The van der Waals surface area contributed by atoms with Crippen molar-refractivity contribution in [1.29, 1.82) is 0 Å². The highest BCUT2D eigenvalue weighted by atomic mass is 19.1. The van der Waals surface area contributed by atoms with Gasteiger partial charge < -0.3 is 15.1 Å². The number of carboxylic acids is 2. The van der Waals surface area contributed by atoms with Gasteiger partial charge in [-0.05, 0) is 25.1 Å². The third-order valence-electron chi connectivity index (χ3n) is 3.05. The Kier molecular flexibility index (Phi) is 5.40. The number of aliphatic carboxylic acids is 2. The quantitative estimate of drug-likeness (QED) is 0.829. The maximum absolute atomic E-state index is 13.2. The molecular weight excluding hydrogens is 281 g/mol. The molecule has 0 spiro atoms. The molecule has 2 atom stereocenters. The monoisotopic (exact) mass is 297 g/mol. The van der Waals surface area contributed by atoms with Crippen LogP contribution >= 0.6 is 0 Å². The molecule has 1 aromatic rings. The largest absolute Gasteiger partial charge is 0.481 e. The maximum Gasteiger partial charge on any atom is 0.326 e. The summed E-state index contributed by atoms with van der Waals surface area (Å²) >= 11 is 0. The van der Waals surface area contributed by atoms with Crippen LogP contribution in [0.15, 0.2) is 24.3 Å². The third-order valence-corrected chi connectivity index (χ3v) is 3.05. The van der Waals surface area contributed by atoms with Crippen molar-refractivity contribution in [3.8, 4) is 0 Å². The van der Waals surface area contributed by atoms with Gasteiger partial charge in [-0.3, -0.25) is 9.59 Å². The number of halogens is 1. The first-order valence-electron chi connectivity index (χ1n) is 6.26. The lowest BCUT2D eigenvalue weighted by Gasteiger charge is -2.28. The molecule has 0 fully saturated rings. The summed E-state index contributed by atoms with van der Waals surface area (Å²) in [6, 6.07) is 3.59. The van der Waals surface area contributed by atoms with Crippen LogP contribution in [0.1, 0.15) is 24.2 Å². The molecule has 0 aromatic heterocycles. The van der Waals surface area contributed by atoms with E-state index in [1.54, 1.807) is 0 Å². The second-order valence-electron chi connectivity index (χ2n) is 4.72. The zero-order valence-corrected chi connectivity index (χ0v) is 11.6. The van der Waals surface area contributed by atoms with Crippen LogP contribution in [-0.2, 0) is 9.59 Å². The van der Waals surface area contributed by atoms with Crippen LogP contribution in [0.5, 0.6) is 0 Å². The fraction of sp³-hybridized carbons (Fsp3) is 0.357. The van der Waals surface area contributed by atoms with Gasteiger partial charge >= 0.3 is 11.9 Å². The van der Waals surface area contributed by atoms with Gasteiger partial charge in [0.25, 0.3) is 5.91 Å². The Hall–Kier alpha value is -2.44. The van der Waals surface area contributed by atoms with Gasteiger partial charge in [0.2, 0.25) is 0 Å².